The Kier molecular flexibility index (Phi) is 6.71. The molecular weight excluding hydrogens is 346 g/mol. The van der Waals surface area contributed by atoms with Gasteiger partial charge in [-0.2, -0.15) is 5.10 Å². The molecule has 2 N–H and O–H groups in total. The molecule has 0 radical (unpaired) electrons. The van der Waals surface area contributed by atoms with Gasteiger partial charge >= 0.3 is 6.03 Å². The quantitative estimate of drug-likeness (QED) is 0.705. The molecule has 8 heteroatoms. The Balaban J connectivity index is 1.37. The van der Waals surface area contributed by atoms with Crippen LogP contribution in [-0.4, -0.2) is 52.9 Å². The van der Waals surface area contributed by atoms with Gasteiger partial charge < -0.3 is 20.3 Å². The number of amides is 3. The van der Waals surface area contributed by atoms with Crippen molar-refractivity contribution in [1.82, 2.24) is 25.3 Å². The first-order valence-corrected chi connectivity index (χ1v) is 9.96. The van der Waals surface area contributed by atoms with Gasteiger partial charge in [0.05, 0.1) is 31.0 Å². The summed E-state index contributed by atoms with van der Waals surface area (Å²) in [7, 11) is 0. The average molecular weight is 377 g/mol. The van der Waals surface area contributed by atoms with Crippen molar-refractivity contribution in [3.05, 3.63) is 17.5 Å². The fourth-order valence-corrected chi connectivity index (χ4v) is 3.60. The van der Waals surface area contributed by atoms with Crippen LogP contribution in [0.1, 0.15) is 44.5 Å². The summed E-state index contributed by atoms with van der Waals surface area (Å²) in [6, 6.07) is 1.81. The van der Waals surface area contributed by atoms with Crippen LogP contribution in [-0.2, 0) is 29.2 Å². The van der Waals surface area contributed by atoms with Gasteiger partial charge in [-0.3, -0.25) is 9.48 Å². The van der Waals surface area contributed by atoms with E-state index in [1.54, 1.807) is 0 Å². The molecule has 3 rings (SSSR count). The number of rotatable bonds is 7. The lowest BCUT2D eigenvalue weighted by molar-refractivity contribution is -0.136. The topological polar surface area (TPSA) is 88.5 Å². The van der Waals surface area contributed by atoms with Gasteiger partial charge in [0.2, 0.25) is 5.91 Å². The number of nitrogens with one attached hydrogen (secondary N) is 2. The van der Waals surface area contributed by atoms with E-state index in [1.807, 2.05) is 29.5 Å². The number of carbonyl (C=O) groups is 2. The Morgan fingerprint density at radius 2 is 2.19 bits per heavy atom. The van der Waals surface area contributed by atoms with Crippen molar-refractivity contribution in [3.63, 3.8) is 0 Å². The number of urea groups is 1. The highest BCUT2D eigenvalue weighted by Gasteiger charge is 2.23. The molecule has 0 bridgehead atoms. The fourth-order valence-electron chi connectivity index (χ4n) is 3.60. The smallest absolute Gasteiger partial charge is 0.315 e. The first kappa shape index (κ1) is 19.7. The fraction of sp³-hybridized carbons (Fsp3) is 0.737. The predicted molar refractivity (Wildman–Crippen MR) is 101 cm³/mol. The standard InChI is InChI=1S/C19H31N5O3/c1-14(2)18(25)23-7-8-24-17(12-23)10-16(22-24)11-21-19(26)20-6-3-4-15-5-9-27-13-15/h10,14-15H,3-9,11-13H2,1-2H3,(H2,20,21,26)/t15-/m1/s1. The lowest BCUT2D eigenvalue weighted by Crippen LogP contribution is -2.40. The predicted octanol–water partition coefficient (Wildman–Crippen LogP) is 1.50. The van der Waals surface area contributed by atoms with Crippen LogP contribution in [0.3, 0.4) is 0 Å². The van der Waals surface area contributed by atoms with E-state index in [2.05, 4.69) is 15.7 Å². The first-order valence-electron chi connectivity index (χ1n) is 9.96. The van der Waals surface area contributed by atoms with Gasteiger partial charge in [-0.25, -0.2) is 4.79 Å². The van der Waals surface area contributed by atoms with Crippen molar-refractivity contribution < 1.29 is 14.3 Å². The number of ether oxygens (including phenoxy) is 1. The minimum absolute atomic E-state index is 0.00509. The monoisotopic (exact) mass is 377 g/mol. The van der Waals surface area contributed by atoms with Crippen LogP contribution in [0, 0.1) is 11.8 Å². The molecule has 1 aromatic rings. The molecule has 1 aromatic heterocycles. The minimum Gasteiger partial charge on any atom is -0.381 e. The second-order valence-corrected chi connectivity index (χ2v) is 7.75. The number of hydrogen-bond donors (Lipinski definition) is 2. The van der Waals surface area contributed by atoms with E-state index in [1.165, 1.54) is 0 Å². The lowest BCUT2D eigenvalue weighted by atomic mass is 10.0. The molecule has 1 fully saturated rings. The second-order valence-electron chi connectivity index (χ2n) is 7.75. The maximum Gasteiger partial charge on any atom is 0.315 e. The van der Waals surface area contributed by atoms with E-state index in [0.717, 1.165) is 43.9 Å². The highest BCUT2D eigenvalue weighted by Crippen LogP contribution is 2.17. The molecule has 150 valence electrons. The molecule has 0 unspecified atom stereocenters. The summed E-state index contributed by atoms with van der Waals surface area (Å²) in [6.45, 7) is 8.60. The molecule has 0 aromatic carbocycles. The van der Waals surface area contributed by atoms with E-state index < -0.39 is 0 Å². The maximum absolute atomic E-state index is 12.2. The van der Waals surface area contributed by atoms with Crippen LogP contribution >= 0.6 is 0 Å². The number of aromatic nitrogens is 2. The molecule has 27 heavy (non-hydrogen) atoms. The molecule has 3 amide bonds. The maximum atomic E-state index is 12.2. The summed E-state index contributed by atoms with van der Waals surface area (Å²) in [5.41, 5.74) is 1.84. The summed E-state index contributed by atoms with van der Waals surface area (Å²) in [5.74, 6) is 0.824. The number of carbonyl (C=O) groups excluding carboxylic acids is 2. The van der Waals surface area contributed by atoms with Gasteiger partial charge in [0.25, 0.3) is 0 Å². The second kappa shape index (κ2) is 9.21. The van der Waals surface area contributed by atoms with Crippen molar-refractivity contribution in [3.8, 4) is 0 Å². The van der Waals surface area contributed by atoms with Gasteiger partial charge in [0, 0.05) is 32.2 Å². The summed E-state index contributed by atoms with van der Waals surface area (Å²) in [5, 5.41) is 10.3. The van der Waals surface area contributed by atoms with E-state index in [4.69, 9.17) is 4.74 Å². The van der Waals surface area contributed by atoms with Gasteiger partial charge in [-0.15, -0.1) is 0 Å². The Morgan fingerprint density at radius 1 is 1.33 bits per heavy atom. The average Bonchev–Trinajstić information content (AvgIpc) is 3.31. The number of hydrogen-bond acceptors (Lipinski definition) is 4. The SMILES string of the molecule is CC(C)C(=O)N1CCn2nc(CNC(=O)NCCC[C@@H]3CCOC3)cc2C1. The highest BCUT2D eigenvalue weighted by molar-refractivity contribution is 5.78. The van der Waals surface area contributed by atoms with Crippen LogP contribution in [0.5, 0.6) is 0 Å². The molecule has 0 saturated carbocycles. The largest absolute Gasteiger partial charge is 0.381 e. The third-order valence-corrected chi connectivity index (χ3v) is 5.18. The lowest BCUT2D eigenvalue weighted by Gasteiger charge is -2.29. The van der Waals surface area contributed by atoms with Gasteiger partial charge in [-0.05, 0) is 31.2 Å². The molecule has 1 saturated heterocycles. The van der Waals surface area contributed by atoms with Crippen molar-refractivity contribution in [2.75, 3.05) is 26.3 Å². The van der Waals surface area contributed by atoms with Crippen molar-refractivity contribution in [1.29, 1.82) is 0 Å². The zero-order chi connectivity index (χ0) is 19.2. The Morgan fingerprint density at radius 3 is 2.93 bits per heavy atom. The Labute approximate surface area is 160 Å². The molecular formula is C19H31N5O3. The van der Waals surface area contributed by atoms with Crippen LogP contribution in [0.15, 0.2) is 6.07 Å². The van der Waals surface area contributed by atoms with Crippen molar-refractivity contribution in [2.45, 2.75) is 52.7 Å². The van der Waals surface area contributed by atoms with Crippen LogP contribution < -0.4 is 10.6 Å². The van der Waals surface area contributed by atoms with E-state index in [9.17, 15) is 9.59 Å². The molecule has 2 aliphatic heterocycles. The van der Waals surface area contributed by atoms with E-state index >= 15 is 0 Å². The van der Waals surface area contributed by atoms with Crippen molar-refractivity contribution >= 4 is 11.9 Å². The highest BCUT2D eigenvalue weighted by atomic mass is 16.5. The summed E-state index contributed by atoms with van der Waals surface area (Å²) in [4.78, 5) is 26.0. The third kappa shape index (κ3) is 5.45. The van der Waals surface area contributed by atoms with Gasteiger partial charge in [0.15, 0.2) is 0 Å². The Bertz CT molecular complexity index is 652. The number of nitrogens with zero attached hydrogens (tertiary/aromatic N) is 3. The zero-order valence-corrected chi connectivity index (χ0v) is 16.4. The minimum atomic E-state index is -0.166. The van der Waals surface area contributed by atoms with E-state index in [-0.39, 0.29) is 17.9 Å². The molecule has 2 aliphatic rings. The summed E-state index contributed by atoms with van der Waals surface area (Å²) < 4.78 is 7.29. The normalized spacial score (nSPS) is 19.2. The van der Waals surface area contributed by atoms with Crippen LogP contribution in [0.2, 0.25) is 0 Å². The molecule has 0 spiro atoms. The van der Waals surface area contributed by atoms with Gasteiger partial charge in [-0.1, -0.05) is 13.8 Å². The molecule has 8 nitrogen and oxygen atoms in total. The summed E-state index contributed by atoms with van der Waals surface area (Å²) in [6.07, 6.45) is 3.21. The third-order valence-electron chi connectivity index (χ3n) is 5.18. The van der Waals surface area contributed by atoms with Crippen LogP contribution in [0.4, 0.5) is 4.79 Å². The molecule has 0 aliphatic carbocycles. The molecule has 3 heterocycles. The number of fused-ring (bicyclic) bond motifs is 1. The summed E-state index contributed by atoms with van der Waals surface area (Å²) >= 11 is 0. The first-order chi connectivity index (χ1) is 13.0. The Hall–Kier alpha value is -2.09. The molecule has 1 atom stereocenters. The van der Waals surface area contributed by atoms with Gasteiger partial charge in [0.1, 0.15) is 0 Å². The zero-order valence-electron chi connectivity index (χ0n) is 16.4. The van der Waals surface area contributed by atoms with Crippen molar-refractivity contribution in [2.24, 2.45) is 11.8 Å². The van der Waals surface area contributed by atoms with Crippen LogP contribution in [0.25, 0.3) is 0 Å². The van der Waals surface area contributed by atoms with E-state index in [0.29, 0.717) is 38.6 Å².